The van der Waals surface area contributed by atoms with Gasteiger partial charge in [-0.05, 0) is 45.0 Å². The largest absolute Gasteiger partial charge is 0.375 e. The fourth-order valence-corrected chi connectivity index (χ4v) is 2.87. The van der Waals surface area contributed by atoms with E-state index >= 15 is 0 Å². The predicted octanol–water partition coefficient (Wildman–Crippen LogP) is 2.54. The zero-order valence-corrected chi connectivity index (χ0v) is 13.1. The minimum Gasteiger partial charge on any atom is -0.375 e. The Morgan fingerprint density at radius 2 is 1.83 bits per heavy atom. The molecule has 0 aliphatic carbocycles. The standard InChI is InChI=1S/C12H18BrNO3S/c1-4-17-12(2,3)9-14-18(15,16)11-7-5-10(13)6-8-11/h5-8,14H,4,9H2,1-3H3. The first-order chi connectivity index (χ1) is 8.27. The van der Waals surface area contributed by atoms with Crippen LogP contribution in [0, 0.1) is 0 Å². The molecule has 1 rings (SSSR count). The summed E-state index contributed by atoms with van der Waals surface area (Å²) < 4.78 is 32.9. The minimum absolute atomic E-state index is 0.235. The third kappa shape index (κ3) is 4.68. The van der Waals surface area contributed by atoms with Crippen molar-refractivity contribution in [3.05, 3.63) is 28.7 Å². The maximum absolute atomic E-state index is 12.0. The van der Waals surface area contributed by atoms with Crippen molar-refractivity contribution < 1.29 is 13.2 Å². The topological polar surface area (TPSA) is 55.4 Å². The first kappa shape index (κ1) is 15.6. The van der Waals surface area contributed by atoms with Crippen LogP contribution in [0.1, 0.15) is 20.8 Å². The van der Waals surface area contributed by atoms with Crippen LogP contribution >= 0.6 is 15.9 Å². The van der Waals surface area contributed by atoms with Crippen molar-refractivity contribution >= 4 is 26.0 Å². The zero-order valence-electron chi connectivity index (χ0n) is 10.7. The molecule has 0 aliphatic heterocycles. The molecular weight excluding hydrogens is 318 g/mol. The summed E-state index contributed by atoms with van der Waals surface area (Å²) in [5.74, 6) is 0. The van der Waals surface area contributed by atoms with Crippen LogP contribution in [0.5, 0.6) is 0 Å². The zero-order chi connectivity index (χ0) is 13.8. The van der Waals surface area contributed by atoms with Crippen molar-refractivity contribution in [3.63, 3.8) is 0 Å². The highest BCUT2D eigenvalue weighted by Gasteiger charge is 2.22. The highest BCUT2D eigenvalue weighted by Crippen LogP contribution is 2.15. The lowest BCUT2D eigenvalue weighted by molar-refractivity contribution is -0.00515. The molecule has 0 bridgehead atoms. The van der Waals surface area contributed by atoms with Crippen LogP contribution in [0.4, 0.5) is 0 Å². The third-order valence-electron chi connectivity index (χ3n) is 2.35. The van der Waals surface area contributed by atoms with E-state index in [0.29, 0.717) is 6.61 Å². The number of halogens is 1. The van der Waals surface area contributed by atoms with E-state index < -0.39 is 15.6 Å². The van der Waals surface area contributed by atoms with Gasteiger partial charge in [-0.1, -0.05) is 15.9 Å². The summed E-state index contributed by atoms with van der Waals surface area (Å²) in [6, 6.07) is 6.50. The monoisotopic (exact) mass is 335 g/mol. The number of nitrogens with one attached hydrogen (secondary N) is 1. The van der Waals surface area contributed by atoms with Gasteiger partial charge in [-0.25, -0.2) is 13.1 Å². The second-order valence-electron chi connectivity index (χ2n) is 4.47. The van der Waals surface area contributed by atoms with Gasteiger partial charge in [0.1, 0.15) is 0 Å². The average Bonchev–Trinajstić information content (AvgIpc) is 2.27. The van der Waals surface area contributed by atoms with Gasteiger partial charge in [0.25, 0.3) is 0 Å². The van der Waals surface area contributed by atoms with Gasteiger partial charge in [0.15, 0.2) is 0 Å². The van der Waals surface area contributed by atoms with E-state index in [2.05, 4.69) is 20.7 Å². The molecule has 1 aromatic carbocycles. The van der Waals surface area contributed by atoms with Crippen molar-refractivity contribution in [1.82, 2.24) is 4.72 Å². The Morgan fingerprint density at radius 3 is 2.33 bits per heavy atom. The first-order valence-electron chi connectivity index (χ1n) is 5.66. The second-order valence-corrected chi connectivity index (χ2v) is 7.15. The quantitative estimate of drug-likeness (QED) is 0.869. The molecule has 0 fully saturated rings. The number of hydrogen-bond acceptors (Lipinski definition) is 3. The number of sulfonamides is 1. The molecule has 0 unspecified atom stereocenters. The average molecular weight is 336 g/mol. The van der Waals surface area contributed by atoms with Crippen molar-refractivity contribution in [2.45, 2.75) is 31.3 Å². The molecule has 102 valence electrons. The highest BCUT2D eigenvalue weighted by molar-refractivity contribution is 9.10. The summed E-state index contributed by atoms with van der Waals surface area (Å²) in [4.78, 5) is 0.248. The summed E-state index contributed by atoms with van der Waals surface area (Å²) >= 11 is 3.27. The maximum atomic E-state index is 12.0. The molecule has 0 saturated carbocycles. The van der Waals surface area contributed by atoms with Crippen LogP contribution in [-0.2, 0) is 14.8 Å². The highest BCUT2D eigenvalue weighted by atomic mass is 79.9. The van der Waals surface area contributed by atoms with Gasteiger partial charge in [0.2, 0.25) is 10.0 Å². The van der Waals surface area contributed by atoms with E-state index in [9.17, 15) is 8.42 Å². The summed E-state index contributed by atoms with van der Waals surface area (Å²) in [7, 11) is -3.48. The molecule has 0 aromatic heterocycles. The van der Waals surface area contributed by atoms with Crippen LogP contribution in [-0.4, -0.2) is 27.2 Å². The van der Waals surface area contributed by atoms with Crippen molar-refractivity contribution in [1.29, 1.82) is 0 Å². The van der Waals surface area contributed by atoms with Gasteiger partial charge in [-0.15, -0.1) is 0 Å². The Morgan fingerprint density at radius 1 is 1.28 bits per heavy atom. The van der Waals surface area contributed by atoms with Crippen LogP contribution in [0.25, 0.3) is 0 Å². The van der Waals surface area contributed by atoms with Crippen LogP contribution in [0.3, 0.4) is 0 Å². The number of hydrogen-bond donors (Lipinski definition) is 1. The van der Waals surface area contributed by atoms with Crippen molar-refractivity contribution in [2.75, 3.05) is 13.2 Å². The van der Waals surface area contributed by atoms with Crippen molar-refractivity contribution in [2.24, 2.45) is 0 Å². The Kier molecular flexibility index (Phi) is 5.33. The molecule has 1 N–H and O–H groups in total. The summed E-state index contributed by atoms with van der Waals surface area (Å²) in [6.45, 7) is 6.36. The Bertz CT molecular complexity index is 483. The summed E-state index contributed by atoms with van der Waals surface area (Å²) in [5, 5.41) is 0. The Hall–Kier alpha value is -0.430. The third-order valence-corrected chi connectivity index (χ3v) is 4.29. The molecule has 4 nitrogen and oxygen atoms in total. The summed E-state index contributed by atoms with van der Waals surface area (Å²) in [5.41, 5.74) is -0.517. The van der Waals surface area contributed by atoms with E-state index in [-0.39, 0.29) is 11.4 Å². The van der Waals surface area contributed by atoms with Gasteiger partial charge in [0.05, 0.1) is 10.5 Å². The van der Waals surface area contributed by atoms with E-state index in [1.54, 1.807) is 24.3 Å². The van der Waals surface area contributed by atoms with Gasteiger partial charge in [0, 0.05) is 17.6 Å². The minimum atomic E-state index is -3.48. The molecular formula is C12H18BrNO3S. The van der Waals surface area contributed by atoms with Gasteiger partial charge < -0.3 is 4.74 Å². The molecule has 6 heteroatoms. The molecule has 0 aliphatic rings. The SMILES string of the molecule is CCOC(C)(C)CNS(=O)(=O)c1ccc(Br)cc1. The number of rotatable bonds is 6. The normalized spacial score (nSPS) is 12.7. The predicted molar refractivity (Wildman–Crippen MR) is 75.0 cm³/mol. The molecule has 0 radical (unpaired) electrons. The van der Waals surface area contributed by atoms with Crippen LogP contribution in [0.15, 0.2) is 33.6 Å². The molecule has 0 amide bonds. The fraction of sp³-hybridized carbons (Fsp3) is 0.500. The van der Waals surface area contributed by atoms with Crippen LogP contribution in [0.2, 0.25) is 0 Å². The molecule has 0 heterocycles. The van der Waals surface area contributed by atoms with Crippen LogP contribution < -0.4 is 4.72 Å². The number of ether oxygens (including phenoxy) is 1. The lowest BCUT2D eigenvalue weighted by atomic mass is 10.1. The van der Waals surface area contributed by atoms with E-state index in [1.807, 2.05) is 20.8 Å². The summed E-state index contributed by atoms with van der Waals surface area (Å²) in [6.07, 6.45) is 0. The number of benzene rings is 1. The molecule has 0 saturated heterocycles. The first-order valence-corrected chi connectivity index (χ1v) is 7.94. The van der Waals surface area contributed by atoms with Gasteiger partial charge >= 0.3 is 0 Å². The molecule has 0 atom stereocenters. The van der Waals surface area contributed by atoms with E-state index in [1.165, 1.54) is 0 Å². The molecule has 1 aromatic rings. The lowest BCUT2D eigenvalue weighted by Crippen LogP contribution is -2.40. The smallest absolute Gasteiger partial charge is 0.240 e. The molecule has 18 heavy (non-hydrogen) atoms. The second kappa shape index (κ2) is 6.14. The van der Waals surface area contributed by atoms with E-state index in [4.69, 9.17) is 4.74 Å². The fourth-order valence-electron chi connectivity index (χ4n) is 1.41. The Balaban J connectivity index is 2.74. The van der Waals surface area contributed by atoms with Gasteiger partial charge in [-0.3, -0.25) is 0 Å². The molecule has 0 spiro atoms. The lowest BCUT2D eigenvalue weighted by Gasteiger charge is -2.24. The van der Waals surface area contributed by atoms with Gasteiger partial charge in [-0.2, -0.15) is 0 Å². The van der Waals surface area contributed by atoms with E-state index in [0.717, 1.165) is 4.47 Å². The Labute approximate surface area is 117 Å². The van der Waals surface area contributed by atoms with Crippen molar-refractivity contribution in [3.8, 4) is 0 Å². The maximum Gasteiger partial charge on any atom is 0.240 e.